The van der Waals surface area contributed by atoms with E-state index in [9.17, 15) is 10.2 Å². The summed E-state index contributed by atoms with van der Waals surface area (Å²) in [5, 5.41) is 19.8. The van der Waals surface area contributed by atoms with Gasteiger partial charge >= 0.3 is 0 Å². The number of aliphatic hydroxyl groups is 2. The molecule has 0 radical (unpaired) electrons. The molecule has 28 heavy (non-hydrogen) atoms. The zero-order valence-electron chi connectivity index (χ0n) is 19.2. The standard InChI is InChI=1S/C24H38O2Si2/c1-18(2)28(19(3)4,20(5)6)13-11-22-15-23(16-25)21(14-24(22)17-26)10-12-27(7,8)9/h14-15,18-20,25-26H,16-17H2,1-9H3. The van der Waals surface area contributed by atoms with Gasteiger partial charge in [-0.05, 0) is 39.9 Å². The van der Waals surface area contributed by atoms with Gasteiger partial charge in [0.2, 0.25) is 0 Å². The molecule has 2 N–H and O–H groups in total. The van der Waals surface area contributed by atoms with Crippen molar-refractivity contribution in [2.45, 2.75) is 91.0 Å². The maximum atomic E-state index is 9.93. The summed E-state index contributed by atoms with van der Waals surface area (Å²) in [6.07, 6.45) is 0. The van der Waals surface area contributed by atoms with Gasteiger partial charge in [0.25, 0.3) is 0 Å². The van der Waals surface area contributed by atoms with Crippen LogP contribution in [0.25, 0.3) is 0 Å². The summed E-state index contributed by atoms with van der Waals surface area (Å²) >= 11 is 0. The summed E-state index contributed by atoms with van der Waals surface area (Å²) in [7, 11) is -3.38. The van der Waals surface area contributed by atoms with Crippen LogP contribution in [0.2, 0.25) is 36.3 Å². The molecule has 0 spiro atoms. The third kappa shape index (κ3) is 5.85. The van der Waals surface area contributed by atoms with Crippen molar-refractivity contribution in [3.63, 3.8) is 0 Å². The monoisotopic (exact) mass is 414 g/mol. The van der Waals surface area contributed by atoms with E-state index in [1.165, 1.54) is 0 Å². The lowest BCUT2D eigenvalue weighted by Gasteiger charge is -2.38. The van der Waals surface area contributed by atoms with Crippen LogP contribution >= 0.6 is 0 Å². The highest BCUT2D eigenvalue weighted by molar-refractivity contribution is 6.90. The molecule has 1 aromatic rings. The van der Waals surface area contributed by atoms with Crippen LogP contribution < -0.4 is 0 Å². The molecule has 0 atom stereocenters. The van der Waals surface area contributed by atoms with E-state index in [1.807, 2.05) is 12.1 Å². The molecule has 0 aliphatic rings. The minimum Gasteiger partial charge on any atom is -0.392 e. The zero-order valence-corrected chi connectivity index (χ0v) is 21.2. The third-order valence-corrected chi connectivity index (χ3v) is 12.7. The van der Waals surface area contributed by atoms with Gasteiger partial charge < -0.3 is 10.2 Å². The second kappa shape index (κ2) is 9.94. The first-order valence-electron chi connectivity index (χ1n) is 10.3. The van der Waals surface area contributed by atoms with Crippen molar-refractivity contribution < 1.29 is 10.2 Å². The van der Waals surface area contributed by atoms with E-state index in [4.69, 9.17) is 0 Å². The molecule has 1 rings (SSSR count). The van der Waals surface area contributed by atoms with E-state index in [0.29, 0.717) is 16.6 Å². The van der Waals surface area contributed by atoms with Crippen LogP contribution in [0.3, 0.4) is 0 Å². The lowest BCUT2D eigenvalue weighted by Crippen LogP contribution is -2.43. The Bertz CT molecular complexity index is 772. The summed E-state index contributed by atoms with van der Waals surface area (Å²) in [6, 6.07) is 3.83. The number of aliphatic hydroxyl groups excluding tert-OH is 2. The number of benzene rings is 1. The predicted octanol–water partition coefficient (Wildman–Crippen LogP) is 5.47. The van der Waals surface area contributed by atoms with Gasteiger partial charge in [-0.25, -0.2) is 0 Å². The molecule has 4 heteroatoms. The zero-order chi connectivity index (χ0) is 21.7. The fourth-order valence-corrected chi connectivity index (χ4v) is 9.77. The highest BCUT2D eigenvalue weighted by Crippen LogP contribution is 2.40. The summed E-state index contributed by atoms with van der Waals surface area (Å²) in [5.41, 5.74) is 11.9. The van der Waals surface area contributed by atoms with Crippen LogP contribution in [0.1, 0.15) is 63.8 Å². The average molecular weight is 415 g/mol. The number of rotatable bonds is 5. The second-order valence-corrected chi connectivity index (χ2v) is 20.0. The van der Waals surface area contributed by atoms with Crippen molar-refractivity contribution in [3.8, 4) is 22.9 Å². The Hall–Kier alpha value is -1.31. The first-order chi connectivity index (χ1) is 12.9. The molecule has 0 saturated carbocycles. The van der Waals surface area contributed by atoms with E-state index >= 15 is 0 Å². The Morgan fingerprint density at radius 2 is 1.07 bits per heavy atom. The summed E-state index contributed by atoms with van der Waals surface area (Å²) in [6.45, 7) is 20.2. The fraction of sp³-hybridized carbons (Fsp3) is 0.583. The van der Waals surface area contributed by atoms with E-state index in [1.54, 1.807) is 0 Å². The molecule has 0 bridgehead atoms. The first kappa shape index (κ1) is 24.7. The SMILES string of the molecule is CC(C)[Si](C#Cc1cc(CO)c(C#C[Si](C)(C)C)cc1CO)(C(C)C)C(C)C. The Balaban J connectivity index is 3.59. The molecule has 2 nitrogen and oxygen atoms in total. The minimum absolute atomic E-state index is 0.0722. The van der Waals surface area contributed by atoms with Gasteiger partial charge in [-0.3, -0.25) is 0 Å². The van der Waals surface area contributed by atoms with Gasteiger partial charge in [-0.1, -0.05) is 73.0 Å². The fourth-order valence-electron chi connectivity index (χ4n) is 4.05. The van der Waals surface area contributed by atoms with E-state index < -0.39 is 16.1 Å². The first-order valence-corrected chi connectivity index (χ1v) is 16.1. The van der Waals surface area contributed by atoms with Crippen molar-refractivity contribution in [1.82, 2.24) is 0 Å². The van der Waals surface area contributed by atoms with Gasteiger partial charge in [-0.2, -0.15) is 0 Å². The van der Waals surface area contributed by atoms with Crippen LogP contribution in [0, 0.1) is 22.9 Å². The smallest absolute Gasteiger partial charge is 0.146 e. The minimum atomic E-state index is -1.85. The lowest BCUT2D eigenvalue weighted by atomic mass is 9.99. The topological polar surface area (TPSA) is 40.5 Å². The Labute approximate surface area is 174 Å². The number of hydrogen-bond donors (Lipinski definition) is 2. The molecule has 0 amide bonds. The molecule has 0 saturated heterocycles. The highest BCUT2D eigenvalue weighted by atomic mass is 28.3. The van der Waals surface area contributed by atoms with Gasteiger partial charge in [0, 0.05) is 11.1 Å². The van der Waals surface area contributed by atoms with E-state index in [-0.39, 0.29) is 13.2 Å². The van der Waals surface area contributed by atoms with Gasteiger partial charge in [0.1, 0.15) is 16.1 Å². The van der Waals surface area contributed by atoms with Crippen molar-refractivity contribution in [2.24, 2.45) is 0 Å². The molecule has 0 aromatic heterocycles. The summed E-state index contributed by atoms with van der Waals surface area (Å²) in [4.78, 5) is 0. The normalized spacial score (nSPS) is 12.1. The Kier molecular flexibility index (Phi) is 8.78. The molecular formula is C24H38O2Si2. The average Bonchev–Trinajstić information content (AvgIpc) is 2.58. The van der Waals surface area contributed by atoms with Gasteiger partial charge in [0.15, 0.2) is 0 Å². The maximum Gasteiger partial charge on any atom is 0.146 e. The molecule has 154 valence electrons. The van der Waals surface area contributed by atoms with E-state index in [0.717, 1.165) is 22.3 Å². The number of hydrogen-bond acceptors (Lipinski definition) is 2. The third-order valence-electron chi connectivity index (χ3n) is 5.52. The molecule has 0 heterocycles. The van der Waals surface area contributed by atoms with Crippen LogP contribution in [-0.2, 0) is 13.2 Å². The Morgan fingerprint density at radius 3 is 1.36 bits per heavy atom. The van der Waals surface area contributed by atoms with Crippen molar-refractivity contribution in [3.05, 3.63) is 34.4 Å². The van der Waals surface area contributed by atoms with E-state index in [2.05, 4.69) is 84.1 Å². The van der Waals surface area contributed by atoms with Gasteiger partial charge in [-0.15, -0.1) is 11.1 Å². The van der Waals surface area contributed by atoms with Crippen molar-refractivity contribution in [1.29, 1.82) is 0 Å². The highest BCUT2D eigenvalue weighted by Gasteiger charge is 2.41. The second-order valence-electron chi connectivity index (χ2n) is 9.63. The van der Waals surface area contributed by atoms with Gasteiger partial charge in [0.05, 0.1) is 13.2 Å². The van der Waals surface area contributed by atoms with Crippen LogP contribution in [0.4, 0.5) is 0 Å². The molecule has 0 aliphatic carbocycles. The molecule has 0 fully saturated rings. The van der Waals surface area contributed by atoms with Crippen LogP contribution in [0.5, 0.6) is 0 Å². The van der Waals surface area contributed by atoms with Crippen molar-refractivity contribution >= 4 is 16.1 Å². The molecule has 1 aromatic carbocycles. The lowest BCUT2D eigenvalue weighted by molar-refractivity contribution is 0.277. The summed E-state index contributed by atoms with van der Waals surface area (Å²) in [5.74, 6) is 6.66. The molecule has 0 unspecified atom stereocenters. The predicted molar refractivity (Wildman–Crippen MR) is 126 cm³/mol. The molecular weight excluding hydrogens is 376 g/mol. The Morgan fingerprint density at radius 1 is 0.714 bits per heavy atom. The van der Waals surface area contributed by atoms with Crippen LogP contribution in [0.15, 0.2) is 12.1 Å². The maximum absolute atomic E-state index is 9.93. The van der Waals surface area contributed by atoms with Crippen molar-refractivity contribution in [2.75, 3.05) is 0 Å². The largest absolute Gasteiger partial charge is 0.392 e. The summed E-state index contributed by atoms with van der Waals surface area (Å²) < 4.78 is 0. The quantitative estimate of drug-likeness (QED) is 0.495. The van der Waals surface area contributed by atoms with Crippen LogP contribution in [-0.4, -0.2) is 26.4 Å². The molecule has 0 aliphatic heterocycles.